The van der Waals surface area contributed by atoms with Gasteiger partial charge in [-0.05, 0) is 43.0 Å². The number of amides is 1. The number of nitrogens with one attached hydrogen (secondary N) is 1. The van der Waals surface area contributed by atoms with Crippen molar-refractivity contribution in [2.24, 2.45) is 7.05 Å². The Morgan fingerprint density at radius 3 is 2.45 bits per heavy atom. The molecule has 0 spiro atoms. The summed E-state index contributed by atoms with van der Waals surface area (Å²) in [5.74, 6) is 0.669. The summed E-state index contributed by atoms with van der Waals surface area (Å²) in [5, 5.41) is 2.72. The lowest BCUT2D eigenvalue weighted by atomic mass is 9.98. The van der Waals surface area contributed by atoms with Crippen molar-refractivity contribution >= 4 is 11.6 Å². The summed E-state index contributed by atoms with van der Waals surface area (Å²) in [5.41, 5.74) is 2.48. The fraction of sp³-hybridized carbons (Fsp3) is 0.304. The molecule has 1 heterocycles. The number of anilines is 1. The third kappa shape index (κ3) is 4.26. The van der Waals surface area contributed by atoms with E-state index in [0.29, 0.717) is 17.4 Å². The lowest BCUT2D eigenvalue weighted by Gasteiger charge is -2.15. The predicted octanol–water partition coefficient (Wildman–Crippen LogP) is 4.02. The lowest BCUT2D eigenvalue weighted by molar-refractivity contribution is -0.118. The van der Waals surface area contributed by atoms with Gasteiger partial charge < -0.3 is 10.1 Å². The zero-order valence-electron chi connectivity index (χ0n) is 17.3. The first-order valence-electron chi connectivity index (χ1n) is 9.79. The number of hydrogen-bond donors (Lipinski definition) is 1. The molecule has 1 amide bonds. The molecule has 2 aromatic carbocycles. The highest BCUT2D eigenvalue weighted by atomic mass is 16.5. The van der Waals surface area contributed by atoms with Gasteiger partial charge in [-0.2, -0.15) is 0 Å². The van der Waals surface area contributed by atoms with Gasteiger partial charge in [-0.3, -0.25) is 14.3 Å². The van der Waals surface area contributed by atoms with Crippen molar-refractivity contribution in [1.82, 2.24) is 9.36 Å². The third-order valence-corrected chi connectivity index (χ3v) is 5.24. The van der Waals surface area contributed by atoms with Crippen LogP contribution < -0.4 is 15.6 Å². The van der Waals surface area contributed by atoms with E-state index in [9.17, 15) is 9.59 Å². The van der Waals surface area contributed by atoms with Crippen LogP contribution in [0.2, 0.25) is 0 Å². The van der Waals surface area contributed by atoms with E-state index in [1.54, 1.807) is 18.7 Å². The predicted molar refractivity (Wildman–Crippen MR) is 115 cm³/mol. The molecule has 6 heteroatoms. The van der Waals surface area contributed by atoms with Gasteiger partial charge in [0.25, 0.3) is 11.5 Å². The average Bonchev–Trinajstić information content (AvgIpc) is 2.95. The largest absolute Gasteiger partial charge is 0.483 e. The second kappa shape index (κ2) is 8.82. The fourth-order valence-electron chi connectivity index (χ4n) is 3.27. The smallest absolute Gasteiger partial charge is 0.295 e. The second-order valence-corrected chi connectivity index (χ2v) is 7.12. The van der Waals surface area contributed by atoms with Gasteiger partial charge in [0, 0.05) is 7.05 Å². The molecule has 3 aromatic rings. The molecule has 6 nitrogen and oxygen atoms in total. The number of hydrogen-bond acceptors (Lipinski definition) is 3. The summed E-state index contributed by atoms with van der Waals surface area (Å²) in [6.45, 7) is 5.88. The Hall–Kier alpha value is -3.28. The van der Waals surface area contributed by atoms with E-state index in [0.717, 1.165) is 17.7 Å². The van der Waals surface area contributed by atoms with Crippen molar-refractivity contribution in [3.63, 3.8) is 0 Å². The standard InChI is InChI=1S/C23H27N3O3/c1-5-16(2)19-13-9-10-14-20(19)29-15-21(27)24-22-17(3)25(4)26(23(22)28)18-11-7-6-8-12-18/h6-14,16H,5,15H2,1-4H3,(H,24,27). The number of para-hydroxylation sites is 2. The van der Waals surface area contributed by atoms with E-state index >= 15 is 0 Å². The molecule has 0 bridgehead atoms. The first-order chi connectivity index (χ1) is 13.9. The molecule has 1 aromatic heterocycles. The molecule has 0 aliphatic carbocycles. The highest BCUT2D eigenvalue weighted by Gasteiger charge is 2.18. The normalized spacial score (nSPS) is 11.9. The highest BCUT2D eigenvalue weighted by molar-refractivity contribution is 5.92. The monoisotopic (exact) mass is 393 g/mol. The third-order valence-electron chi connectivity index (χ3n) is 5.24. The topological polar surface area (TPSA) is 65.3 Å². The fourth-order valence-corrected chi connectivity index (χ4v) is 3.27. The molecule has 0 aliphatic heterocycles. The molecule has 0 saturated carbocycles. The zero-order valence-corrected chi connectivity index (χ0v) is 17.3. The minimum atomic E-state index is -0.366. The Bertz CT molecular complexity index is 1050. The van der Waals surface area contributed by atoms with E-state index in [-0.39, 0.29) is 23.8 Å². The quantitative estimate of drug-likeness (QED) is 0.659. The lowest BCUT2D eigenvalue weighted by Crippen LogP contribution is -2.26. The molecular weight excluding hydrogens is 366 g/mol. The maximum Gasteiger partial charge on any atom is 0.295 e. The van der Waals surface area contributed by atoms with Crippen LogP contribution in [0.5, 0.6) is 5.75 Å². The molecule has 0 saturated heterocycles. The van der Waals surface area contributed by atoms with Crippen LogP contribution in [0.15, 0.2) is 59.4 Å². The summed E-state index contributed by atoms with van der Waals surface area (Å²) in [7, 11) is 1.79. The number of carbonyl (C=O) groups is 1. The molecule has 0 aliphatic rings. The van der Waals surface area contributed by atoms with Gasteiger partial charge in [0.2, 0.25) is 0 Å². The zero-order chi connectivity index (χ0) is 21.0. The van der Waals surface area contributed by atoms with Gasteiger partial charge in [-0.1, -0.05) is 50.2 Å². The van der Waals surface area contributed by atoms with Crippen LogP contribution in [-0.2, 0) is 11.8 Å². The van der Waals surface area contributed by atoms with E-state index in [4.69, 9.17) is 4.74 Å². The van der Waals surface area contributed by atoms with Crippen molar-refractivity contribution in [1.29, 1.82) is 0 Å². The van der Waals surface area contributed by atoms with Gasteiger partial charge in [-0.25, -0.2) is 4.68 Å². The van der Waals surface area contributed by atoms with Crippen LogP contribution in [-0.4, -0.2) is 21.9 Å². The Morgan fingerprint density at radius 1 is 1.10 bits per heavy atom. The van der Waals surface area contributed by atoms with Crippen LogP contribution in [0.3, 0.4) is 0 Å². The van der Waals surface area contributed by atoms with Crippen molar-refractivity contribution < 1.29 is 9.53 Å². The first-order valence-corrected chi connectivity index (χ1v) is 9.79. The Morgan fingerprint density at radius 2 is 1.76 bits per heavy atom. The number of ether oxygens (including phenoxy) is 1. The molecule has 0 radical (unpaired) electrons. The molecule has 1 atom stereocenters. The van der Waals surface area contributed by atoms with Crippen LogP contribution in [0.4, 0.5) is 5.69 Å². The maximum atomic E-state index is 12.9. The molecule has 1 N–H and O–H groups in total. The Labute approximate surface area is 170 Å². The molecule has 3 rings (SSSR count). The summed E-state index contributed by atoms with van der Waals surface area (Å²) in [6.07, 6.45) is 0.981. The van der Waals surface area contributed by atoms with E-state index in [1.807, 2.05) is 54.6 Å². The first kappa shape index (κ1) is 20.5. The highest BCUT2D eigenvalue weighted by Crippen LogP contribution is 2.28. The summed E-state index contributed by atoms with van der Waals surface area (Å²) in [4.78, 5) is 25.4. The van der Waals surface area contributed by atoms with Crippen LogP contribution >= 0.6 is 0 Å². The molecule has 152 valence electrons. The minimum Gasteiger partial charge on any atom is -0.483 e. The number of carbonyl (C=O) groups excluding carboxylic acids is 1. The van der Waals surface area contributed by atoms with E-state index in [1.165, 1.54) is 4.68 Å². The SMILES string of the molecule is CCC(C)c1ccccc1OCC(=O)Nc1c(C)n(C)n(-c2ccccc2)c1=O. The van der Waals surface area contributed by atoms with Crippen molar-refractivity contribution in [2.45, 2.75) is 33.1 Å². The number of aromatic nitrogens is 2. The summed E-state index contributed by atoms with van der Waals surface area (Å²) >= 11 is 0. The van der Waals surface area contributed by atoms with E-state index < -0.39 is 0 Å². The average molecular weight is 393 g/mol. The molecule has 29 heavy (non-hydrogen) atoms. The molecular formula is C23H27N3O3. The van der Waals surface area contributed by atoms with Gasteiger partial charge in [0.15, 0.2) is 6.61 Å². The van der Waals surface area contributed by atoms with Crippen molar-refractivity contribution in [3.05, 3.63) is 76.2 Å². The molecule has 0 fully saturated rings. The Balaban J connectivity index is 1.77. The van der Waals surface area contributed by atoms with Gasteiger partial charge in [0.05, 0.1) is 11.4 Å². The van der Waals surface area contributed by atoms with Crippen molar-refractivity contribution in [3.8, 4) is 11.4 Å². The number of benzene rings is 2. The minimum absolute atomic E-state index is 0.160. The van der Waals surface area contributed by atoms with Gasteiger partial charge in [0.1, 0.15) is 11.4 Å². The number of rotatable bonds is 7. The van der Waals surface area contributed by atoms with Crippen LogP contribution in [0, 0.1) is 6.92 Å². The second-order valence-electron chi connectivity index (χ2n) is 7.12. The molecule has 1 unspecified atom stereocenters. The number of nitrogens with zero attached hydrogens (tertiary/aromatic N) is 2. The van der Waals surface area contributed by atoms with E-state index in [2.05, 4.69) is 19.2 Å². The summed E-state index contributed by atoms with van der Waals surface area (Å²) < 4.78 is 9.03. The van der Waals surface area contributed by atoms with Crippen LogP contribution in [0.25, 0.3) is 5.69 Å². The van der Waals surface area contributed by atoms with Gasteiger partial charge >= 0.3 is 0 Å². The van der Waals surface area contributed by atoms with Crippen molar-refractivity contribution in [2.75, 3.05) is 11.9 Å². The Kier molecular flexibility index (Phi) is 6.22. The van der Waals surface area contributed by atoms with Gasteiger partial charge in [-0.15, -0.1) is 0 Å². The summed E-state index contributed by atoms with van der Waals surface area (Å²) in [6, 6.07) is 17.1. The van der Waals surface area contributed by atoms with Crippen LogP contribution in [0.1, 0.15) is 37.4 Å². The maximum absolute atomic E-state index is 12.9.